The van der Waals surface area contributed by atoms with Crippen molar-refractivity contribution < 1.29 is 28.6 Å². The molecule has 0 saturated carbocycles. The summed E-state index contributed by atoms with van der Waals surface area (Å²) in [5.41, 5.74) is -1.23. The minimum Gasteiger partial charge on any atom is -0.494 e. The SMILES string of the molecule is O=C(CCCOc1ccc(F)cc1)NC1(C(=O)O)CCOCC1. The largest absolute Gasteiger partial charge is 0.494 e. The van der Waals surface area contributed by atoms with Gasteiger partial charge >= 0.3 is 5.97 Å². The van der Waals surface area contributed by atoms with Gasteiger partial charge in [-0.05, 0) is 30.7 Å². The first-order valence-electron chi connectivity index (χ1n) is 7.52. The Morgan fingerprint density at radius 1 is 1.26 bits per heavy atom. The topological polar surface area (TPSA) is 84.9 Å². The summed E-state index contributed by atoms with van der Waals surface area (Å²) in [5, 5.41) is 12.0. The highest BCUT2D eigenvalue weighted by atomic mass is 19.1. The molecule has 0 unspecified atom stereocenters. The molecular formula is C16H20FNO5. The quantitative estimate of drug-likeness (QED) is 0.746. The van der Waals surface area contributed by atoms with E-state index in [2.05, 4.69) is 5.32 Å². The van der Waals surface area contributed by atoms with Gasteiger partial charge in [0.15, 0.2) is 0 Å². The fourth-order valence-electron chi connectivity index (χ4n) is 2.40. The van der Waals surface area contributed by atoms with E-state index in [1.807, 2.05) is 0 Å². The van der Waals surface area contributed by atoms with Gasteiger partial charge in [-0.1, -0.05) is 0 Å². The van der Waals surface area contributed by atoms with Gasteiger partial charge < -0.3 is 19.9 Å². The molecule has 2 rings (SSSR count). The number of nitrogens with one attached hydrogen (secondary N) is 1. The molecule has 1 fully saturated rings. The van der Waals surface area contributed by atoms with Crippen LogP contribution in [0.1, 0.15) is 25.7 Å². The molecule has 0 spiro atoms. The summed E-state index contributed by atoms with van der Waals surface area (Å²) >= 11 is 0. The molecule has 1 aliphatic rings. The van der Waals surface area contributed by atoms with Gasteiger partial charge in [0, 0.05) is 32.5 Å². The molecule has 0 aromatic heterocycles. The van der Waals surface area contributed by atoms with Crippen molar-refractivity contribution in [2.24, 2.45) is 0 Å². The molecular weight excluding hydrogens is 305 g/mol. The lowest BCUT2D eigenvalue weighted by Crippen LogP contribution is -2.57. The van der Waals surface area contributed by atoms with Crippen LogP contribution < -0.4 is 10.1 Å². The summed E-state index contributed by atoms with van der Waals surface area (Å²) in [6, 6.07) is 5.61. The molecule has 1 aromatic rings. The predicted molar refractivity (Wildman–Crippen MR) is 79.7 cm³/mol. The van der Waals surface area contributed by atoms with E-state index in [0.717, 1.165) is 0 Å². The molecule has 0 aliphatic carbocycles. The second-order valence-electron chi connectivity index (χ2n) is 5.45. The first kappa shape index (κ1) is 17.2. The van der Waals surface area contributed by atoms with Crippen molar-refractivity contribution in [2.75, 3.05) is 19.8 Å². The third-order valence-corrected chi connectivity index (χ3v) is 3.76. The third kappa shape index (κ3) is 4.92. The van der Waals surface area contributed by atoms with Crippen LogP contribution in [0.25, 0.3) is 0 Å². The summed E-state index contributed by atoms with van der Waals surface area (Å²) in [6.45, 7) is 0.933. The Bertz CT molecular complexity index is 540. The Morgan fingerprint density at radius 3 is 2.52 bits per heavy atom. The molecule has 0 bridgehead atoms. The Labute approximate surface area is 133 Å². The van der Waals surface area contributed by atoms with E-state index in [1.54, 1.807) is 0 Å². The standard InChI is InChI=1S/C16H20FNO5/c17-12-3-5-13(6-4-12)23-9-1-2-14(19)18-16(15(20)21)7-10-22-11-8-16/h3-6H,1-2,7-11H2,(H,18,19)(H,20,21). The lowest BCUT2D eigenvalue weighted by molar-refractivity contribution is -0.152. The minimum absolute atomic E-state index is 0.164. The second kappa shape index (κ2) is 7.92. The maximum atomic E-state index is 12.7. The number of amides is 1. The van der Waals surface area contributed by atoms with Crippen molar-refractivity contribution in [2.45, 2.75) is 31.2 Å². The van der Waals surface area contributed by atoms with Gasteiger partial charge in [0.05, 0.1) is 6.61 Å². The van der Waals surface area contributed by atoms with Gasteiger partial charge in [-0.15, -0.1) is 0 Å². The first-order valence-corrected chi connectivity index (χ1v) is 7.52. The first-order chi connectivity index (χ1) is 11.0. The van der Waals surface area contributed by atoms with Crippen LogP contribution in [-0.2, 0) is 14.3 Å². The van der Waals surface area contributed by atoms with Gasteiger partial charge in [0.1, 0.15) is 17.1 Å². The van der Waals surface area contributed by atoms with E-state index in [9.17, 15) is 19.1 Å². The number of halogens is 1. The number of carbonyl (C=O) groups excluding carboxylic acids is 1. The molecule has 1 aromatic carbocycles. The monoisotopic (exact) mass is 325 g/mol. The van der Waals surface area contributed by atoms with Gasteiger partial charge in [-0.3, -0.25) is 4.79 Å². The summed E-state index contributed by atoms with van der Waals surface area (Å²) in [6.07, 6.45) is 1.13. The van der Waals surface area contributed by atoms with Crippen molar-refractivity contribution in [3.05, 3.63) is 30.1 Å². The third-order valence-electron chi connectivity index (χ3n) is 3.76. The molecule has 1 saturated heterocycles. The van der Waals surface area contributed by atoms with Crippen molar-refractivity contribution in [3.8, 4) is 5.75 Å². The molecule has 0 atom stereocenters. The van der Waals surface area contributed by atoms with Crippen LogP contribution in [0.5, 0.6) is 5.75 Å². The molecule has 0 radical (unpaired) electrons. The number of carboxylic acids is 1. The molecule has 6 nitrogen and oxygen atoms in total. The number of carboxylic acid groups (broad SMARTS) is 1. The number of hydrogen-bond donors (Lipinski definition) is 2. The zero-order valence-corrected chi connectivity index (χ0v) is 12.7. The van der Waals surface area contributed by atoms with Crippen molar-refractivity contribution in [3.63, 3.8) is 0 Å². The number of benzene rings is 1. The maximum Gasteiger partial charge on any atom is 0.329 e. The highest BCUT2D eigenvalue weighted by Gasteiger charge is 2.41. The van der Waals surface area contributed by atoms with Crippen LogP contribution >= 0.6 is 0 Å². The van der Waals surface area contributed by atoms with E-state index in [-0.39, 0.29) is 31.0 Å². The number of aliphatic carboxylic acids is 1. The van der Waals surface area contributed by atoms with Crippen LogP contribution in [0.4, 0.5) is 4.39 Å². The highest BCUT2D eigenvalue weighted by molar-refractivity contribution is 5.87. The van der Waals surface area contributed by atoms with E-state index >= 15 is 0 Å². The Kier molecular flexibility index (Phi) is 5.92. The summed E-state index contributed by atoms with van der Waals surface area (Å²) in [5.74, 6) is -1.17. The summed E-state index contributed by atoms with van der Waals surface area (Å²) in [4.78, 5) is 23.4. The van der Waals surface area contributed by atoms with E-state index in [4.69, 9.17) is 9.47 Å². The summed E-state index contributed by atoms with van der Waals surface area (Å²) < 4.78 is 23.3. The molecule has 7 heteroatoms. The van der Waals surface area contributed by atoms with E-state index < -0.39 is 11.5 Å². The average molecular weight is 325 g/mol. The number of rotatable bonds is 7. The molecule has 1 heterocycles. The minimum atomic E-state index is -1.23. The second-order valence-corrected chi connectivity index (χ2v) is 5.45. The van der Waals surface area contributed by atoms with E-state index in [1.165, 1.54) is 24.3 Å². The zero-order valence-electron chi connectivity index (χ0n) is 12.7. The van der Waals surface area contributed by atoms with Gasteiger partial charge in [0.2, 0.25) is 5.91 Å². The number of hydrogen-bond acceptors (Lipinski definition) is 4. The molecule has 126 valence electrons. The van der Waals surface area contributed by atoms with Crippen molar-refractivity contribution in [1.82, 2.24) is 5.32 Å². The van der Waals surface area contributed by atoms with Crippen molar-refractivity contribution in [1.29, 1.82) is 0 Å². The molecule has 23 heavy (non-hydrogen) atoms. The van der Waals surface area contributed by atoms with Crippen LogP contribution in [0, 0.1) is 5.82 Å². The van der Waals surface area contributed by atoms with Crippen LogP contribution in [-0.4, -0.2) is 42.3 Å². The zero-order chi connectivity index (χ0) is 16.7. The maximum absolute atomic E-state index is 12.7. The number of carbonyl (C=O) groups is 2. The lowest BCUT2D eigenvalue weighted by Gasteiger charge is -2.33. The van der Waals surface area contributed by atoms with Crippen LogP contribution in [0.3, 0.4) is 0 Å². The van der Waals surface area contributed by atoms with Crippen molar-refractivity contribution >= 4 is 11.9 Å². The number of ether oxygens (including phenoxy) is 2. The fourth-order valence-corrected chi connectivity index (χ4v) is 2.40. The molecule has 1 aliphatic heterocycles. The van der Waals surface area contributed by atoms with E-state index in [0.29, 0.717) is 32.0 Å². The van der Waals surface area contributed by atoms with Crippen LogP contribution in [0.2, 0.25) is 0 Å². The fraction of sp³-hybridized carbons (Fsp3) is 0.500. The molecule has 1 amide bonds. The normalized spacial score (nSPS) is 16.6. The van der Waals surface area contributed by atoms with Gasteiger partial charge in [0.25, 0.3) is 0 Å². The Hall–Kier alpha value is -2.15. The summed E-state index contributed by atoms with van der Waals surface area (Å²) in [7, 11) is 0. The van der Waals surface area contributed by atoms with Gasteiger partial charge in [-0.2, -0.15) is 0 Å². The predicted octanol–water partition coefficient (Wildman–Crippen LogP) is 1.73. The average Bonchev–Trinajstić information content (AvgIpc) is 2.54. The smallest absolute Gasteiger partial charge is 0.329 e. The Morgan fingerprint density at radius 2 is 1.91 bits per heavy atom. The Balaban J connectivity index is 1.73. The highest BCUT2D eigenvalue weighted by Crippen LogP contribution is 2.21. The molecule has 2 N–H and O–H groups in total. The van der Waals surface area contributed by atoms with Crippen LogP contribution in [0.15, 0.2) is 24.3 Å². The van der Waals surface area contributed by atoms with Gasteiger partial charge in [-0.25, -0.2) is 9.18 Å². The lowest BCUT2D eigenvalue weighted by atomic mass is 9.90.